The van der Waals surface area contributed by atoms with Crippen LogP contribution in [0.2, 0.25) is 0 Å². The van der Waals surface area contributed by atoms with Gasteiger partial charge < -0.3 is 4.57 Å². The Hall–Kier alpha value is -2.90. The maximum absolute atomic E-state index is 12.8. The van der Waals surface area contributed by atoms with E-state index in [0.717, 1.165) is 36.1 Å². The molecule has 0 saturated heterocycles. The molecular formula is C22H21F2N5O2S. The van der Waals surface area contributed by atoms with Gasteiger partial charge in [0.2, 0.25) is 10.0 Å². The number of benzene rings is 1. The molecule has 32 heavy (non-hydrogen) atoms. The summed E-state index contributed by atoms with van der Waals surface area (Å²) in [7, 11) is -4.17. The predicted molar refractivity (Wildman–Crippen MR) is 114 cm³/mol. The summed E-state index contributed by atoms with van der Waals surface area (Å²) in [6, 6.07) is 7.25. The molecule has 166 valence electrons. The van der Waals surface area contributed by atoms with Crippen LogP contribution >= 0.6 is 0 Å². The van der Waals surface area contributed by atoms with Crippen LogP contribution in [-0.2, 0) is 10.0 Å². The van der Waals surface area contributed by atoms with Crippen molar-refractivity contribution >= 4 is 20.9 Å². The molecule has 2 heterocycles. The fourth-order valence-corrected chi connectivity index (χ4v) is 5.10. The smallest absolute Gasteiger partial charge is 0.244 e. The molecule has 1 N–H and O–H groups in total. The number of nitriles is 1. The van der Waals surface area contributed by atoms with Crippen LogP contribution in [0.1, 0.15) is 48.8 Å². The molecule has 7 nitrogen and oxygen atoms in total. The van der Waals surface area contributed by atoms with Gasteiger partial charge in [-0.25, -0.2) is 31.9 Å². The van der Waals surface area contributed by atoms with Crippen LogP contribution in [0.5, 0.6) is 0 Å². The van der Waals surface area contributed by atoms with E-state index in [-0.39, 0.29) is 16.8 Å². The lowest BCUT2D eigenvalue weighted by atomic mass is 10.1. The highest BCUT2D eigenvalue weighted by Crippen LogP contribution is 2.46. The fraction of sp³-hybridized carbons (Fsp3) is 0.409. The molecule has 0 bridgehead atoms. The molecule has 2 aliphatic carbocycles. The predicted octanol–water partition coefficient (Wildman–Crippen LogP) is 3.77. The molecule has 2 aliphatic rings. The summed E-state index contributed by atoms with van der Waals surface area (Å²) in [5.74, 6) is 0.811. The fourth-order valence-electron chi connectivity index (χ4n) is 4.01. The Labute approximate surface area is 184 Å². The Balaban J connectivity index is 1.59. The quantitative estimate of drug-likeness (QED) is 0.555. The minimum absolute atomic E-state index is 0.240. The Morgan fingerprint density at radius 1 is 1.16 bits per heavy atom. The third-order valence-corrected chi connectivity index (χ3v) is 7.42. The molecule has 0 atom stereocenters. The van der Waals surface area contributed by atoms with Crippen molar-refractivity contribution in [1.29, 1.82) is 5.26 Å². The Bertz CT molecular complexity index is 1320. The van der Waals surface area contributed by atoms with Crippen LogP contribution in [0.15, 0.2) is 35.5 Å². The topological polar surface area (TPSA) is 101 Å². The van der Waals surface area contributed by atoms with Gasteiger partial charge in [0.25, 0.3) is 0 Å². The largest absolute Gasteiger partial charge is 0.334 e. The van der Waals surface area contributed by atoms with E-state index in [1.54, 1.807) is 0 Å². The molecule has 2 aromatic heterocycles. The van der Waals surface area contributed by atoms with Gasteiger partial charge in [-0.15, -0.1) is 0 Å². The van der Waals surface area contributed by atoms with Crippen molar-refractivity contribution in [3.05, 3.63) is 41.7 Å². The van der Waals surface area contributed by atoms with Crippen LogP contribution in [0.4, 0.5) is 8.78 Å². The Morgan fingerprint density at radius 3 is 2.41 bits per heavy atom. The van der Waals surface area contributed by atoms with E-state index in [9.17, 15) is 22.5 Å². The summed E-state index contributed by atoms with van der Waals surface area (Å²) in [5, 5.41) is 10.8. The summed E-state index contributed by atoms with van der Waals surface area (Å²) in [6.07, 6.45) is 6.52. The molecule has 2 fully saturated rings. The monoisotopic (exact) mass is 457 g/mol. The second-order valence-corrected chi connectivity index (χ2v) is 10.1. The highest BCUT2D eigenvalue weighted by Gasteiger charge is 2.33. The number of sulfonamides is 1. The first-order valence-corrected chi connectivity index (χ1v) is 12.0. The van der Waals surface area contributed by atoms with E-state index < -0.39 is 29.4 Å². The molecule has 0 spiro atoms. The van der Waals surface area contributed by atoms with Gasteiger partial charge in [-0.3, -0.25) is 0 Å². The first-order valence-electron chi connectivity index (χ1n) is 10.5. The second-order valence-electron chi connectivity index (χ2n) is 8.36. The lowest BCUT2D eigenvalue weighted by Gasteiger charge is -2.12. The summed E-state index contributed by atoms with van der Waals surface area (Å²) >= 11 is 0. The molecule has 0 amide bonds. The Morgan fingerprint density at radius 2 is 1.84 bits per heavy atom. The molecule has 3 aromatic rings. The van der Waals surface area contributed by atoms with E-state index >= 15 is 0 Å². The van der Waals surface area contributed by atoms with Crippen LogP contribution < -0.4 is 4.72 Å². The lowest BCUT2D eigenvalue weighted by molar-refractivity contribution is 0.334. The van der Waals surface area contributed by atoms with Crippen molar-refractivity contribution in [2.75, 3.05) is 13.3 Å². The standard InChI is InChI=1S/C22H21F2N5O2S/c23-8-15(9-24)28-32(30,31)17-11-26-22(27-12-17)21-19(10-25)18-6-3-14(13-1-2-13)7-20(18)29(21)16-4-5-16/h3,6-7,11-13,15-16,28H,1-2,4-5,8-9H2. The van der Waals surface area contributed by atoms with Gasteiger partial charge in [-0.05, 0) is 43.2 Å². The third-order valence-electron chi connectivity index (χ3n) is 5.95. The number of nitrogens with zero attached hydrogens (tertiary/aromatic N) is 4. The highest BCUT2D eigenvalue weighted by molar-refractivity contribution is 7.89. The minimum Gasteiger partial charge on any atom is -0.334 e. The second kappa shape index (κ2) is 7.90. The van der Waals surface area contributed by atoms with Gasteiger partial charge in [0.1, 0.15) is 30.0 Å². The van der Waals surface area contributed by atoms with E-state index in [1.165, 1.54) is 18.4 Å². The number of aromatic nitrogens is 3. The first-order chi connectivity index (χ1) is 15.5. The summed E-state index contributed by atoms with van der Waals surface area (Å²) in [6.45, 7) is -2.32. The van der Waals surface area contributed by atoms with E-state index in [4.69, 9.17) is 0 Å². The van der Waals surface area contributed by atoms with Crippen LogP contribution in [0.25, 0.3) is 22.4 Å². The van der Waals surface area contributed by atoms with Crippen molar-refractivity contribution in [1.82, 2.24) is 19.3 Å². The average molecular weight is 458 g/mol. The SMILES string of the molecule is N#Cc1c(-c2ncc(S(=O)(=O)NC(CF)CF)cn2)n(C2CC2)c2cc(C3CC3)ccc12. The third kappa shape index (κ3) is 3.65. The van der Waals surface area contributed by atoms with E-state index in [2.05, 4.69) is 32.7 Å². The number of hydrogen-bond donors (Lipinski definition) is 1. The average Bonchev–Trinajstić information content (AvgIpc) is 3.73. The van der Waals surface area contributed by atoms with Crippen molar-refractivity contribution in [2.45, 2.75) is 48.6 Å². The van der Waals surface area contributed by atoms with Crippen molar-refractivity contribution in [3.63, 3.8) is 0 Å². The number of nitrogens with one attached hydrogen (secondary N) is 1. The number of alkyl halides is 2. The number of rotatable bonds is 8. The van der Waals surface area contributed by atoms with E-state index in [1.807, 2.05) is 10.8 Å². The lowest BCUT2D eigenvalue weighted by Crippen LogP contribution is -2.38. The van der Waals surface area contributed by atoms with Crippen LogP contribution in [-0.4, -0.2) is 42.3 Å². The van der Waals surface area contributed by atoms with E-state index in [0.29, 0.717) is 17.2 Å². The van der Waals surface area contributed by atoms with Crippen LogP contribution in [0, 0.1) is 11.3 Å². The number of fused-ring (bicyclic) bond motifs is 1. The van der Waals surface area contributed by atoms with Gasteiger partial charge in [-0.2, -0.15) is 5.26 Å². The summed E-state index contributed by atoms with van der Waals surface area (Å²) < 4.78 is 54.3. The summed E-state index contributed by atoms with van der Waals surface area (Å²) in [4.78, 5) is 8.16. The Kier molecular flexibility index (Phi) is 5.18. The molecule has 2 saturated carbocycles. The van der Waals surface area contributed by atoms with Crippen molar-refractivity contribution < 1.29 is 17.2 Å². The highest BCUT2D eigenvalue weighted by atomic mass is 32.2. The van der Waals surface area contributed by atoms with Crippen LogP contribution in [0.3, 0.4) is 0 Å². The number of halogens is 2. The summed E-state index contributed by atoms with van der Waals surface area (Å²) in [5.41, 5.74) is 3.26. The first kappa shape index (κ1) is 21.0. The zero-order valence-electron chi connectivity index (χ0n) is 17.1. The van der Waals surface area contributed by atoms with Crippen molar-refractivity contribution in [2.24, 2.45) is 0 Å². The minimum atomic E-state index is -4.17. The number of hydrogen-bond acceptors (Lipinski definition) is 5. The molecule has 0 radical (unpaired) electrons. The normalized spacial score (nSPS) is 16.6. The molecular weight excluding hydrogens is 436 g/mol. The zero-order chi connectivity index (χ0) is 22.5. The molecule has 0 aliphatic heterocycles. The maximum atomic E-state index is 12.8. The maximum Gasteiger partial charge on any atom is 0.244 e. The zero-order valence-corrected chi connectivity index (χ0v) is 17.9. The van der Waals surface area contributed by atoms with Crippen molar-refractivity contribution in [3.8, 4) is 17.6 Å². The van der Waals surface area contributed by atoms with Gasteiger partial charge >= 0.3 is 0 Å². The molecule has 1 aromatic carbocycles. The van der Waals surface area contributed by atoms with Gasteiger partial charge in [-0.1, -0.05) is 12.1 Å². The molecule has 10 heteroatoms. The van der Waals surface area contributed by atoms with Gasteiger partial charge in [0, 0.05) is 11.4 Å². The molecule has 5 rings (SSSR count). The van der Waals surface area contributed by atoms with Gasteiger partial charge in [0.05, 0.1) is 29.5 Å². The molecule has 0 unspecified atom stereocenters. The van der Waals surface area contributed by atoms with Gasteiger partial charge in [0.15, 0.2) is 5.82 Å².